The van der Waals surface area contributed by atoms with E-state index in [9.17, 15) is 0 Å². The van der Waals surface area contributed by atoms with E-state index in [4.69, 9.17) is 0 Å². The topological polar surface area (TPSA) is 8.85 Å². The van der Waals surface area contributed by atoms with E-state index in [1.54, 1.807) is 4.90 Å². The number of nitrogens with one attached hydrogen (secondary N) is 1. The Bertz CT molecular complexity index is 1060. The summed E-state index contributed by atoms with van der Waals surface area (Å²) in [6.07, 6.45) is 6.34. The predicted octanol–water partition coefficient (Wildman–Crippen LogP) is 4.84. The van der Waals surface area contributed by atoms with Crippen molar-refractivity contribution < 1.29 is 4.90 Å². The lowest BCUT2D eigenvalue weighted by Crippen LogP contribution is -3.11. The van der Waals surface area contributed by atoms with Crippen LogP contribution in [0.5, 0.6) is 0 Å². The van der Waals surface area contributed by atoms with E-state index in [1.165, 1.54) is 65.8 Å². The normalized spacial score (nSPS) is 15.1. The second-order valence-electron chi connectivity index (χ2n) is 7.87. The molecule has 0 bridgehead atoms. The highest BCUT2D eigenvalue weighted by Crippen LogP contribution is 2.40. The van der Waals surface area contributed by atoms with Crippen molar-refractivity contribution in [3.05, 3.63) is 90.8 Å². The maximum absolute atomic E-state index is 2.44. The predicted molar refractivity (Wildman–Crippen MR) is 117 cm³/mol. The van der Waals surface area contributed by atoms with E-state index >= 15 is 0 Å². The molecule has 1 fully saturated rings. The Morgan fingerprint density at radius 2 is 1.25 bits per heavy atom. The third-order valence-electron chi connectivity index (χ3n) is 6.05. The standard InChI is InChI=1S/C26H26N2/c1-4-12-21(13-5-1)25-23-16-8-11-19-28(23)24(20-27-17-9-3-10-18-27)26(25)22-14-6-2-7-15-22/h1-2,4-8,11-16,19H,3,9-10,17-18,20H2/p+1. The second-order valence-corrected chi connectivity index (χ2v) is 7.87. The van der Waals surface area contributed by atoms with Crippen LogP contribution in [0.1, 0.15) is 25.0 Å². The van der Waals surface area contributed by atoms with Gasteiger partial charge in [-0.2, -0.15) is 0 Å². The van der Waals surface area contributed by atoms with Crippen molar-refractivity contribution in [2.24, 2.45) is 0 Å². The molecule has 0 amide bonds. The van der Waals surface area contributed by atoms with Crippen LogP contribution in [0, 0.1) is 0 Å². The Kier molecular flexibility index (Phi) is 4.72. The Morgan fingerprint density at radius 3 is 1.93 bits per heavy atom. The smallest absolute Gasteiger partial charge is 0.119 e. The maximum atomic E-state index is 2.44. The third-order valence-corrected chi connectivity index (χ3v) is 6.05. The molecular weight excluding hydrogens is 340 g/mol. The van der Waals surface area contributed by atoms with Crippen LogP contribution in [0.2, 0.25) is 0 Å². The zero-order chi connectivity index (χ0) is 18.8. The van der Waals surface area contributed by atoms with Crippen LogP contribution >= 0.6 is 0 Å². The van der Waals surface area contributed by atoms with E-state index in [1.807, 2.05) is 0 Å². The first kappa shape index (κ1) is 17.3. The number of aromatic nitrogens is 1. The van der Waals surface area contributed by atoms with Crippen LogP contribution in [0.25, 0.3) is 27.8 Å². The molecule has 1 aliphatic heterocycles. The molecule has 5 rings (SSSR count). The molecule has 2 aromatic heterocycles. The molecule has 3 heterocycles. The highest BCUT2D eigenvalue weighted by Gasteiger charge is 2.24. The van der Waals surface area contributed by atoms with Gasteiger partial charge in [0.2, 0.25) is 0 Å². The van der Waals surface area contributed by atoms with E-state index in [-0.39, 0.29) is 0 Å². The lowest BCUT2D eigenvalue weighted by atomic mass is 9.95. The van der Waals surface area contributed by atoms with Gasteiger partial charge in [-0.1, -0.05) is 66.7 Å². The van der Waals surface area contributed by atoms with Crippen LogP contribution in [0.15, 0.2) is 85.1 Å². The Hall–Kier alpha value is -2.84. The second kappa shape index (κ2) is 7.65. The van der Waals surface area contributed by atoms with Crippen LogP contribution in [0.3, 0.4) is 0 Å². The van der Waals surface area contributed by atoms with Gasteiger partial charge < -0.3 is 9.30 Å². The number of likely N-dealkylation sites (tertiary alicyclic amines) is 1. The van der Waals surface area contributed by atoms with Crippen molar-refractivity contribution in [3.8, 4) is 22.3 Å². The average Bonchev–Trinajstić information content (AvgIpc) is 3.10. The molecule has 0 radical (unpaired) electrons. The van der Waals surface area contributed by atoms with Gasteiger partial charge in [-0.05, 0) is 42.5 Å². The molecule has 0 unspecified atom stereocenters. The SMILES string of the molecule is c1ccc(-c2c(-c3ccccc3)c3ccccn3c2C[NH+]2CCCCC2)cc1. The van der Waals surface area contributed by atoms with Gasteiger partial charge in [-0.15, -0.1) is 0 Å². The fraction of sp³-hybridized carbons (Fsp3) is 0.231. The molecule has 1 N–H and O–H groups in total. The average molecular weight is 368 g/mol. The van der Waals surface area contributed by atoms with E-state index in [2.05, 4.69) is 89.5 Å². The zero-order valence-corrected chi connectivity index (χ0v) is 16.3. The summed E-state index contributed by atoms with van der Waals surface area (Å²) >= 11 is 0. The zero-order valence-electron chi connectivity index (χ0n) is 16.3. The number of quaternary nitrogens is 1. The number of fused-ring (bicyclic) bond motifs is 1. The summed E-state index contributed by atoms with van der Waals surface area (Å²) in [5.41, 5.74) is 8.12. The van der Waals surface area contributed by atoms with Crippen LogP contribution in [-0.4, -0.2) is 17.5 Å². The van der Waals surface area contributed by atoms with Gasteiger partial charge in [-0.3, -0.25) is 0 Å². The summed E-state index contributed by atoms with van der Waals surface area (Å²) in [6, 6.07) is 28.4. The van der Waals surface area contributed by atoms with Gasteiger partial charge in [0, 0.05) is 17.3 Å². The van der Waals surface area contributed by atoms with E-state index < -0.39 is 0 Å². The molecule has 4 aromatic rings. The van der Waals surface area contributed by atoms with Crippen LogP contribution < -0.4 is 4.90 Å². The maximum Gasteiger partial charge on any atom is 0.119 e. The van der Waals surface area contributed by atoms with Gasteiger partial charge in [0.25, 0.3) is 0 Å². The quantitative estimate of drug-likeness (QED) is 0.528. The van der Waals surface area contributed by atoms with Crippen molar-refractivity contribution in [3.63, 3.8) is 0 Å². The van der Waals surface area contributed by atoms with Gasteiger partial charge >= 0.3 is 0 Å². The lowest BCUT2D eigenvalue weighted by molar-refractivity contribution is -0.918. The summed E-state index contributed by atoms with van der Waals surface area (Å²) < 4.78 is 2.44. The number of piperidine rings is 1. The number of hydrogen-bond donors (Lipinski definition) is 1. The van der Waals surface area contributed by atoms with E-state index in [0.717, 1.165) is 6.54 Å². The molecule has 0 aliphatic carbocycles. The number of nitrogens with zero attached hydrogens (tertiary/aromatic N) is 1. The van der Waals surface area contributed by atoms with Crippen molar-refractivity contribution in [1.29, 1.82) is 0 Å². The summed E-state index contributed by atoms with van der Waals surface area (Å²) in [7, 11) is 0. The summed E-state index contributed by atoms with van der Waals surface area (Å²) in [6.45, 7) is 3.66. The molecule has 0 atom stereocenters. The van der Waals surface area contributed by atoms with Gasteiger partial charge in [0.1, 0.15) is 6.54 Å². The minimum Gasteiger partial charge on any atom is -0.330 e. The highest BCUT2D eigenvalue weighted by molar-refractivity contribution is 5.96. The molecule has 140 valence electrons. The summed E-state index contributed by atoms with van der Waals surface area (Å²) in [5.74, 6) is 0. The number of rotatable bonds is 4. The largest absolute Gasteiger partial charge is 0.330 e. The van der Waals surface area contributed by atoms with Crippen molar-refractivity contribution in [2.75, 3.05) is 13.1 Å². The lowest BCUT2D eigenvalue weighted by Gasteiger charge is -2.24. The molecule has 0 spiro atoms. The molecule has 2 heteroatoms. The van der Waals surface area contributed by atoms with Gasteiger partial charge in [0.05, 0.1) is 24.3 Å². The Labute approximate surface area is 167 Å². The van der Waals surface area contributed by atoms with Crippen molar-refractivity contribution in [2.45, 2.75) is 25.8 Å². The fourth-order valence-corrected chi connectivity index (χ4v) is 4.73. The first-order valence-corrected chi connectivity index (χ1v) is 10.5. The Balaban J connectivity index is 1.77. The van der Waals surface area contributed by atoms with Gasteiger partial charge in [-0.25, -0.2) is 0 Å². The molecule has 1 aliphatic rings. The number of hydrogen-bond acceptors (Lipinski definition) is 0. The third kappa shape index (κ3) is 3.14. The molecule has 2 aromatic carbocycles. The number of pyridine rings is 1. The highest BCUT2D eigenvalue weighted by atomic mass is 15.1. The van der Waals surface area contributed by atoms with Crippen LogP contribution in [-0.2, 0) is 6.54 Å². The fourth-order valence-electron chi connectivity index (χ4n) is 4.73. The van der Waals surface area contributed by atoms with Crippen LogP contribution in [0.4, 0.5) is 0 Å². The van der Waals surface area contributed by atoms with E-state index in [0.29, 0.717) is 0 Å². The van der Waals surface area contributed by atoms with Gasteiger partial charge in [0.15, 0.2) is 0 Å². The first-order chi connectivity index (χ1) is 13.9. The molecular formula is C26H27N2+. The molecule has 0 saturated carbocycles. The number of benzene rings is 2. The minimum atomic E-state index is 1.09. The molecule has 2 nitrogen and oxygen atoms in total. The molecule has 28 heavy (non-hydrogen) atoms. The monoisotopic (exact) mass is 367 g/mol. The molecule has 1 saturated heterocycles. The minimum absolute atomic E-state index is 1.09. The Morgan fingerprint density at radius 1 is 0.643 bits per heavy atom. The summed E-state index contributed by atoms with van der Waals surface area (Å²) in [4.78, 5) is 1.71. The summed E-state index contributed by atoms with van der Waals surface area (Å²) in [5, 5.41) is 0. The first-order valence-electron chi connectivity index (χ1n) is 10.5. The van der Waals surface area contributed by atoms with Crippen molar-refractivity contribution in [1.82, 2.24) is 4.40 Å². The van der Waals surface area contributed by atoms with Crippen molar-refractivity contribution >= 4 is 5.52 Å².